The Labute approximate surface area is 122 Å². The number of carboxylic acid groups (broad SMARTS) is 1. The molecule has 0 saturated carbocycles. The van der Waals surface area contributed by atoms with Crippen LogP contribution in [-0.4, -0.2) is 60.9 Å². The van der Waals surface area contributed by atoms with Crippen LogP contribution in [0.25, 0.3) is 0 Å². The quantitative estimate of drug-likeness (QED) is 0.901. The second-order valence-corrected chi connectivity index (χ2v) is 8.21. The molecule has 112 valence electrons. The number of sulfonamides is 1. The zero-order valence-corrected chi connectivity index (χ0v) is 13.1. The van der Waals surface area contributed by atoms with Gasteiger partial charge in [0.25, 0.3) is 10.0 Å². The van der Waals surface area contributed by atoms with E-state index in [9.17, 15) is 13.2 Å². The van der Waals surface area contributed by atoms with Crippen molar-refractivity contribution < 1.29 is 18.3 Å². The highest BCUT2D eigenvalue weighted by Gasteiger charge is 2.30. The van der Waals surface area contributed by atoms with Crippen molar-refractivity contribution in [2.45, 2.75) is 24.1 Å². The van der Waals surface area contributed by atoms with E-state index in [0.717, 1.165) is 11.3 Å². The normalized spacial score (nSPS) is 18.6. The Kier molecular flexibility index (Phi) is 4.48. The van der Waals surface area contributed by atoms with Crippen molar-refractivity contribution >= 4 is 27.3 Å². The van der Waals surface area contributed by atoms with E-state index in [1.165, 1.54) is 16.4 Å². The zero-order valence-electron chi connectivity index (χ0n) is 11.4. The first-order chi connectivity index (χ1) is 9.32. The second-order valence-electron chi connectivity index (χ2n) is 4.96. The summed E-state index contributed by atoms with van der Waals surface area (Å²) < 4.78 is 26.4. The molecular weight excluding hydrogens is 300 g/mol. The second kappa shape index (κ2) is 5.80. The third-order valence-corrected chi connectivity index (χ3v) is 6.83. The predicted molar refractivity (Wildman–Crippen MR) is 76.7 cm³/mol. The lowest BCUT2D eigenvalue weighted by Crippen LogP contribution is -2.50. The highest BCUT2D eigenvalue weighted by molar-refractivity contribution is 7.91. The highest BCUT2D eigenvalue weighted by atomic mass is 32.2. The van der Waals surface area contributed by atoms with Crippen molar-refractivity contribution in [2.24, 2.45) is 0 Å². The Bertz CT molecular complexity index is 586. The van der Waals surface area contributed by atoms with E-state index < -0.39 is 16.0 Å². The maximum absolute atomic E-state index is 12.4. The predicted octanol–water partition coefficient (Wildman–Crippen LogP) is 1.16. The van der Waals surface area contributed by atoms with Crippen LogP contribution in [0.15, 0.2) is 16.3 Å². The standard InChI is InChI=1S/C12H18N2O4S2/c1-9(2)13-5-7-14(8-6-13)20(17,18)11-4-3-10(19-11)12(15)16/h3-4,9H,5-8H2,1-2H3,(H,15,16). The summed E-state index contributed by atoms with van der Waals surface area (Å²) in [7, 11) is -3.56. The van der Waals surface area contributed by atoms with E-state index >= 15 is 0 Å². The molecule has 0 aliphatic carbocycles. The third-order valence-electron chi connectivity index (χ3n) is 3.39. The Morgan fingerprint density at radius 1 is 1.25 bits per heavy atom. The lowest BCUT2D eigenvalue weighted by molar-refractivity contribution is 0.0702. The summed E-state index contributed by atoms with van der Waals surface area (Å²) >= 11 is 0.806. The molecule has 0 unspecified atom stereocenters. The van der Waals surface area contributed by atoms with E-state index in [0.29, 0.717) is 32.2 Å². The largest absolute Gasteiger partial charge is 0.477 e. The summed E-state index contributed by atoms with van der Waals surface area (Å²) in [4.78, 5) is 13.1. The number of carbonyl (C=O) groups is 1. The van der Waals surface area contributed by atoms with Crippen molar-refractivity contribution in [3.8, 4) is 0 Å². The molecule has 1 aromatic rings. The van der Waals surface area contributed by atoms with Gasteiger partial charge in [0.1, 0.15) is 9.09 Å². The van der Waals surface area contributed by atoms with E-state index in [1.807, 2.05) is 0 Å². The summed E-state index contributed by atoms with van der Waals surface area (Å²) in [5.74, 6) is -1.10. The summed E-state index contributed by atoms with van der Waals surface area (Å²) in [6, 6.07) is 3.11. The first kappa shape index (κ1) is 15.4. The van der Waals surface area contributed by atoms with Crippen molar-refractivity contribution in [3.05, 3.63) is 17.0 Å². The van der Waals surface area contributed by atoms with Crippen molar-refractivity contribution in [1.29, 1.82) is 0 Å². The molecule has 0 atom stereocenters. The Morgan fingerprint density at radius 3 is 2.30 bits per heavy atom. The van der Waals surface area contributed by atoms with Crippen LogP contribution >= 0.6 is 11.3 Å². The number of hydrogen-bond donors (Lipinski definition) is 1. The number of piperazine rings is 1. The molecule has 0 spiro atoms. The maximum Gasteiger partial charge on any atom is 0.345 e. The van der Waals surface area contributed by atoms with Crippen LogP contribution in [0.2, 0.25) is 0 Å². The lowest BCUT2D eigenvalue weighted by Gasteiger charge is -2.35. The number of thiophene rings is 1. The smallest absolute Gasteiger partial charge is 0.345 e. The van der Waals surface area contributed by atoms with Crippen molar-refractivity contribution in [1.82, 2.24) is 9.21 Å². The van der Waals surface area contributed by atoms with Crippen LogP contribution in [0.1, 0.15) is 23.5 Å². The summed E-state index contributed by atoms with van der Waals surface area (Å²) in [5, 5.41) is 8.87. The fraction of sp³-hybridized carbons (Fsp3) is 0.583. The fourth-order valence-electron chi connectivity index (χ4n) is 2.16. The molecule has 8 heteroatoms. The molecule has 1 N–H and O–H groups in total. The van der Waals surface area contributed by atoms with Gasteiger partial charge in [-0.1, -0.05) is 0 Å². The summed E-state index contributed by atoms with van der Waals surface area (Å²) in [6.45, 7) is 6.47. The van der Waals surface area contributed by atoms with Gasteiger partial charge in [-0.2, -0.15) is 4.31 Å². The molecule has 2 rings (SSSR count). The van der Waals surface area contributed by atoms with Gasteiger partial charge in [0.05, 0.1) is 0 Å². The van der Waals surface area contributed by atoms with Gasteiger partial charge in [0.15, 0.2) is 0 Å². The monoisotopic (exact) mass is 318 g/mol. The van der Waals surface area contributed by atoms with Crippen LogP contribution in [0, 0.1) is 0 Å². The minimum Gasteiger partial charge on any atom is -0.477 e. The van der Waals surface area contributed by atoms with Crippen molar-refractivity contribution in [2.75, 3.05) is 26.2 Å². The number of rotatable bonds is 4. The van der Waals surface area contributed by atoms with E-state index in [4.69, 9.17) is 5.11 Å². The van der Waals surface area contributed by atoms with E-state index in [1.54, 1.807) is 0 Å². The van der Waals surface area contributed by atoms with Gasteiger partial charge in [0.2, 0.25) is 0 Å². The Morgan fingerprint density at radius 2 is 1.85 bits per heavy atom. The molecule has 0 bridgehead atoms. The fourth-order valence-corrected chi connectivity index (χ4v) is 4.88. The van der Waals surface area contributed by atoms with Gasteiger partial charge in [-0.3, -0.25) is 4.90 Å². The van der Waals surface area contributed by atoms with Crippen LogP contribution in [0.3, 0.4) is 0 Å². The average molecular weight is 318 g/mol. The number of hydrogen-bond acceptors (Lipinski definition) is 5. The Balaban J connectivity index is 2.13. The molecule has 1 fully saturated rings. The average Bonchev–Trinajstić information content (AvgIpc) is 2.89. The molecule has 0 aromatic carbocycles. The van der Waals surface area contributed by atoms with Crippen LogP contribution < -0.4 is 0 Å². The molecule has 0 radical (unpaired) electrons. The first-order valence-electron chi connectivity index (χ1n) is 6.39. The van der Waals surface area contributed by atoms with Gasteiger partial charge >= 0.3 is 5.97 Å². The van der Waals surface area contributed by atoms with Gasteiger partial charge in [-0.05, 0) is 26.0 Å². The molecule has 2 heterocycles. The zero-order chi connectivity index (χ0) is 14.9. The topological polar surface area (TPSA) is 77.9 Å². The summed E-state index contributed by atoms with van der Waals surface area (Å²) in [6.07, 6.45) is 0. The molecule has 1 saturated heterocycles. The van der Waals surface area contributed by atoms with E-state index in [-0.39, 0.29) is 9.09 Å². The first-order valence-corrected chi connectivity index (χ1v) is 8.65. The van der Waals surface area contributed by atoms with Gasteiger partial charge in [-0.25, -0.2) is 13.2 Å². The Hall–Kier alpha value is -0.960. The molecule has 1 aliphatic heterocycles. The molecular formula is C12H18N2O4S2. The van der Waals surface area contributed by atoms with Crippen molar-refractivity contribution in [3.63, 3.8) is 0 Å². The van der Waals surface area contributed by atoms with Gasteiger partial charge in [0, 0.05) is 32.2 Å². The van der Waals surface area contributed by atoms with Gasteiger partial charge < -0.3 is 5.11 Å². The molecule has 6 nitrogen and oxygen atoms in total. The van der Waals surface area contributed by atoms with Crippen LogP contribution in [0.5, 0.6) is 0 Å². The van der Waals surface area contributed by atoms with Crippen LogP contribution in [-0.2, 0) is 10.0 Å². The number of aromatic carboxylic acids is 1. The number of carboxylic acids is 1. The minimum atomic E-state index is -3.56. The third kappa shape index (κ3) is 3.03. The summed E-state index contributed by atoms with van der Waals surface area (Å²) in [5.41, 5.74) is 0. The number of nitrogens with zero attached hydrogens (tertiary/aromatic N) is 2. The van der Waals surface area contributed by atoms with Crippen LogP contribution in [0.4, 0.5) is 0 Å². The molecule has 0 amide bonds. The SMILES string of the molecule is CC(C)N1CCN(S(=O)(=O)c2ccc(C(=O)O)s2)CC1. The lowest BCUT2D eigenvalue weighted by atomic mass is 10.3. The van der Waals surface area contributed by atoms with Gasteiger partial charge in [-0.15, -0.1) is 11.3 Å². The highest BCUT2D eigenvalue weighted by Crippen LogP contribution is 2.25. The minimum absolute atomic E-state index is 0.0457. The van der Waals surface area contributed by atoms with E-state index in [2.05, 4.69) is 18.7 Å². The maximum atomic E-state index is 12.4. The molecule has 20 heavy (non-hydrogen) atoms. The molecule has 1 aliphatic rings. The molecule has 1 aromatic heterocycles.